The Morgan fingerprint density at radius 2 is 1.89 bits per heavy atom. The van der Waals surface area contributed by atoms with Crippen LogP contribution in [0.25, 0.3) is 0 Å². The lowest BCUT2D eigenvalue weighted by atomic mass is 10.1. The number of amides is 1. The highest BCUT2D eigenvalue weighted by Crippen LogP contribution is 2.22. The quantitative estimate of drug-likeness (QED) is 0.910. The maximum Gasteiger partial charge on any atom is 0.255 e. The van der Waals surface area contributed by atoms with Crippen LogP contribution in [-0.2, 0) is 0 Å². The normalized spacial score (nSPS) is 10.1. The van der Waals surface area contributed by atoms with Crippen molar-refractivity contribution in [1.82, 2.24) is 0 Å². The van der Waals surface area contributed by atoms with E-state index in [2.05, 4.69) is 5.32 Å². The van der Waals surface area contributed by atoms with Gasteiger partial charge in [-0.1, -0.05) is 23.8 Å². The van der Waals surface area contributed by atoms with Crippen LogP contribution in [0.5, 0.6) is 5.75 Å². The van der Waals surface area contributed by atoms with E-state index in [0.717, 1.165) is 22.6 Å². The summed E-state index contributed by atoms with van der Waals surface area (Å²) in [4.78, 5) is 12.2. The third-order valence-corrected chi connectivity index (χ3v) is 2.97. The fraction of sp³-hybridized carbons (Fsp3) is 0.188. The van der Waals surface area contributed by atoms with Gasteiger partial charge in [-0.15, -0.1) is 0 Å². The Bertz CT molecular complexity index is 605. The van der Waals surface area contributed by atoms with Crippen LogP contribution in [0.15, 0.2) is 42.5 Å². The maximum atomic E-state index is 12.2. The molecule has 98 valence electrons. The summed E-state index contributed by atoms with van der Waals surface area (Å²) in [6, 6.07) is 13.1. The number of carbonyl (C=O) groups excluding carboxylic acids is 1. The second kappa shape index (κ2) is 5.57. The van der Waals surface area contributed by atoms with Crippen LogP contribution in [-0.4, -0.2) is 13.0 Å². The molecule has 0 aromatic heterocycles. The number of ether oxygens (including phenoxy) is 1. The molecule has 0 fully saturated rings. The highest BCUT2D eigenvalue weighted by molar-refractivity contribution is 6.04. The summed E-state index contributed by atoms with van der Waals surface area (Å²) in [5, 5.41) is 2.91. The average molecular weight is 255 g/mol. The van der Waals surface area contributed by atoms with E-state index in [1.54, 1.807) is 13.2 Å². The van der Waals surface area contributed by atoms with E-state index in [4.69, 9.17) is 4.74 Å². The summed E-state index contributed by atoms with van der Waals surface area (Å²) in [6.07, 6.45) is 0. The molecule has 0 aliphatic heterocycles. The van der Waals surface area contributed by atoms with Crippen LogP contribution in [0, 0.1) is 13.8 Å². The summed E-state index contributed by atoms with van der Waals surface area (Å²) in [5.74, 6) is 0.616. The van der Waals surface area contributed by atoms with Gasteiger partial charge in [0.25, 0.3) is 5.91 Å². The molecule has 2 rings (SSSR count). The van der Waals surface area contributed by atoms with Gasteiger partial charge in [0, 0.05) is 17.3 Å². The summed E-state index contributed by atoms with van der Waals surface area (Å²) < 4.78 is 5.16. The Morgan fingerprint density at radius 1 is 1.11 bits per heavy atom. The molecule has 2 aromatic carbocycles. The van der Waals surface area contributed by atoms with E-state index < -0.39 is 0 Å². The molecule has 0 aliphatic carbocycles. The van der Waals surface area contributed by atoms with Gasteiger partial charge in [-0.2, -0.15) is 0 Å². The number of rotatable bonds is 3. The van der Waals surface area contributed by atoms with Crippen molar-refractivity contribution in [2.75, 3.05) is 12.4 Å². The molecule has 0 unspecified atom stereocenters. The first-order chi connectivity index (χ1) is 9.10. The van der Waals surface area contributed by atoms with E-state index in [9.17, 15) is 4.79 Å². The van der Waals surface area contributed by atoms with Crippen molar-refractivity contribution in [3.8, 4) is 5.75 Å². The molecule has 0 atom stereocenters. The molecule has 0 aliphatic rings. The van der Waals surface area contributed by atoms with Crippen LogP contribution >= 0.6 is 0 Å². The number of hydrogen-bond acceptors (Lipinski definition) is 2. The van der Waals surface area contributed by atoms with Crippen LogP contribution < -0.4 is 10.1 Å². The van der Waals surface area contributed by atoms with Gasteiger partial charge in [0.1, 0.15) is 5.75 Å². The largest absolute Gasteiger partial charge is 0.497 e. The number of anilines is 1. The van der Waals surface area contributed by atoms with Gasteiger partial charge >= 0.3 is 0 Å². The molecule has 0 radical (unpaired) electrons. The third-order valence-electron chi connectivity index (χ3n) is 2.97. The molecule has 1 amide bonds. The van der Waals surface area contributed by atoms with E-state index in [-0.39, 0.29) is 5.91 Å². The fourth-order valence-corrected chi connectivity index (χ4v) is 1.84. The van der Waals surface area contributed by atoms with Crippen molar-refractivity contribution in [2.45, 2.75) is 13.8 Å². The highest BCUT2D eigenvalue weighted by atomic mass is 16.5. The average Bonchev–Trinajstić information content (AvgIpc) is 2.41. The molecule has 19 heavy (non-hydrogen) atoms. The molecule has 0 spiro atoms. The van der Waals surface area contributed by atoms with Crippen LogP contribution in [0.1, 0.15) is 21.5 Å². The van der Waals surface area contributed by atoms with Crippen LogP contribution in [0.3, 0.4) is 0 Å². The topological polar surface area (TPSA) is 38.3 Å². The lowest BCUT2D eigenvalue weighted by molar-refractivity contribution is 0.102. The molecule has 0 saturated heterocycles. The molecule has 0 bridgehead atoms. The Morgan fingerprint density at radius 3 is 2.58 bits per heavy atom. The van der Waals surface area contributed by atoms with Gasteiger partial charge in [-0.25, -0.2) is 0 Å². The predicted molar refractivity (Wildman–Crippen MR) is 76.9 cm³/mol. The fourth-order valence-electron chi connectivity index (χ4n) is 1.84. The minimum absolute atomic E-state index is 0.111. The Hall–Kier alpha value is -2.29. The van der Waals surface area contributed by atoms with Crippen molar-refractivity contribution in [1.29, 1.82) is 0 Å². The molecule has 3 heteroatoms. The summed E-state index contributed by atoms with van der Waals surface area (Å²) in [5.41, 5.74) is 3.49. The zero-order valence-corrected chi connectivity index (χ0v) is 11.4. The minimum Gasteiger partial charge on any atom is -0.497 e. The van der Waals surface area contributed by atoms with Gasteiger partial charge in [-0.05, 0) is 37.6 Å². The van der Waals surface area contributed by atoms with Crippen molar-refractivity contribution in [3.63, 3.8) is 0 Å². The Balaban J connectivity index is 2.23. The summed E-state index contributed by atoms with van der Waals surface area (Å²) in [7, 11) is 1.61. The number of carbonyl (C=O) groups is 1. The molecule has 0 saturated carbocycles. The molecule has 2 aromatic rings. The Labute approximate surface area is 113 Å². The van der Waals surface area contributed by atoms with Crippen molar-refractivity contribution < 1.29 is 9.53 Å². The van der Waals surface area contributed by atoms with E-state index >= 15 is 0 Å². The zero-order chi connectivity index (χ0) is 13.8. The molecular formula is C16H17NO2. The maximum absolute atomic E-state index is 12.2. The number of methoxy groups -OCH3 is 1. The molecule has 3 nitrogen and oxygen atoms in total. The van der Waals surface area contributed by atoms with E-state index in [0.29, 0.717) is 5.56 Å². The van der Waals surface area contributed by atoms with Gasteiger partial charge in [0.15, 0.2) is 0 Å². The van der Waals surface area contributed by atoms with Gasteiger partial charge in [0.05, 0.1) is 7.11 Å². The molecular weight excluding hydrogens is 238 g/mol. The van der Waals surface area contributed by atoms with Gasteiger partial charge < -0.3 is 10.1 Å². The first-order valence-corrected chi connectivity index (χ1v) is 6.13. The van der Waals surface area contributed by atoms with Crippen LogP contribution in [0.4, 0.5) is 5.69 Å². The Kier molecular flexibility index (Phi) is 3.85. The van der Waals surface area contributed by atoms with Crippen molar-refractivity contribution in [3.05, 3.63) is 59.2 Å². The molecule has 0 heterocycles. The van der Waals surface area contributed by atoms with Crippen molar-refractivity contribution >= 4 is 11.6 Å². The lowest BCUT2D eigenvalue weighted by Gasteiger charge is -2.10. The first-order valence-electron chi connectivity index (χ1n) is 6.13. The second-order valence-electron chi connectivity index (χ2n) is 4.50. The lowest BCUT2D eigenvalue weighted by Crippen LogP contribution is -2.12. The predicted octanol–water partition coefficient (Wildman–Crippen LogP) is 3.56. The number of hydrogen-bond donors (Lipinski definition) is 1. The monoisotopic (exact) mass is 255 g/mol. The second-order valence-corrected chi connectivity index (χ2v) is 4.50. The summed E-state index contributed by atoms with van der Waals surface area (Å²) in [6.45, 7) is 3.92. The van der Waals surface area contributed by atoms with Crippen LogP contribution in [0.2, 0.25) is 0 Å². The van der Waals surface area contributed by atoms with Gasteiger partial charge in [-0.3, -0.25) is 4.79 Å². The standard InChI is InChI=1S/C16H17NO2/c1-11-5-4-6-13(9-11)16(18)17-15-10-14(19-3)8-7-12(15)2/h4-10H,1-3H3,(H,17,18). The SMILES string of the molecule is COc1ccc(C)c(NC(=O)c2cccc(C)c2)c1. The van der Waals surface area contributed by atoms with E-state index in [1.165, 1.54) is 0 Å². The van der Waals surface area contributed by atoms with Gasteiger partial charge in [0.2, 0.25) is 0 Å². The van der Waals surface area contributed by atoms with E-state index in [1.807, 2.05) is 50.2 Å². The smallest absolute Gasteiger partial charge is 0.255 e. The van der Waals surface area contributed by atoms with Crippen molar-refractivity contribution in [2.24, 2.45) is 0 Å². The zero-order valence-electron chi connectivity index (χ0n) is 11.4. The first kappa shape index (κ1) is 13.1. The summed E-state index contributed by atoms with van der Waals surface area (Å²) >= 11 is 0. The number of aryl methyl sites for hydroxylation is 2. The number of nitrogens with one attached hydrogen (secondary N) is 1. The third kappa shape index (κ3) is 3.13. The number of benzene rings is 2. The minimum atomic E-state index is -0.111. The molecule has 1 N–H and O–H groups in total. The highest BCUT2D eigenvalue weighted by Gasteiger charge is 2.08.